The van der Waals surface area contributed by atoms with E-state index in [0.717, 1.165) is 12.8 Å². The van der Waals surface area contributed by atoms with Gasteiger partial charge < -0.3 is 29.5 Å². The molecule has 2 fully saturated rings. The zero-order valence-corrected chi connectivity index (χ0v) is 12.0. The minimum atomic E-state index is -0.948. The van der Waals surface area contributed by atoms with Crippen molar-refractivity contribution in [2.45, 2.75) is 69.2 Å². The molecule has 0 radical (unpaired) electrons. The fourth-order valence-corrected chi connectivity index (χ4v) is 2.78. The number of aliphatic hydroxyl groups excluding tert-OH is 3. The highest BCUT2D eigenvalue weighted by atomic mass is 16.6. The minimum Gasteiger partial charge on any atom is -0.390 e. The van der Waals surface area contributed by atoms with Crippen molar-refractivity contribution >= 4 is 0 Å². The first-order chi connectivity index (χ1) is 9.59. The van der Waals surface area contributed by atoms with Gasteiger partial charge in [-0.2, -0.15) is 0 Å². The maximum Gasteiger partial charge on any atom is 0.109 e. The first-order valence-corrected chi connectivity index (χ1v) is 7.48. The van der Waals surface area contributed by atoms with E-state index in [2.05, 4.69) is 0 Å². The fourth-order valence-electron chi connectivity index (χ4n) is 2.78. The lowest BCUT2D eigenvalue weighted by Crippen LogP contribution is -2.44. The van der Waals surface area contributed by atoms with Crippen LogP contribution in [0.3, 0.4) is 0 Å². The Morgan fingerprint density at radius 2 is 1.65 bits per heavy atom. The normalized spacial score (nSPS) is 43.8. The molecule has 6 heteroatoms. The Kier molecular flexibility index (Phi) is 6.20. The van der Waals surface area contributed by atoms with Gasteiger partial charge in [0.05, 0.1) is 24.9 Å². The van der Waals surface area contributed by atoms with Crippen molar-refractivity contribution in [1.82, 2.24) is 0 Å². The van der Waals surface area contributed by atoms with Gasteiger partial charge >= 0.3 is 0 Å². The zero-order chi connectivity index (χ0) is 14.5. The van der Waals surface area contributed by atoms with E-state index in [-0.39, 0.29) is 12.7 Å². The average Bonchev–Trinajstić information content (AvgIpc) is 2.68. The predicted octanol–water partition coefficient (Wildman–Crippen LogP) is -0.168. The van der Waals surface area contributed by atoms with Crippen LogP contribution < -0.4 is 0 Å². The van der Waals surface area contributed by atoms with Crippen molar-refractivity contribution in [1.29, 1.82) is 0 Å². The van der Waals surface area contributed by atoms with Crippen LogP contribution in [0.5, 0.6) is 0 Å². The van der Waals surface area contributed by atoms with Crippen molar-refractivity contribution in [2.75, 3.05) is 19.8 Å². The van der Waals surface area contributed by atoms with Gasteiger partial charge in [0.1, 0.15) is 18.3 Å². The highest BCUT2D eigenvalue weighted by Gasteiger charge is 2.34. The molecule has 0 aromatic carbocycles. The standard InChI is InChI=1S/C14H26O6/c1-9-14(11(16)5-3-6-18-9)20-8-12-13(17)10(15)4-2-7-19-12/h9-17H,2-8H2,1H3. The highest BCUT2D eigenvalue weighted by Crippen LogP contribution is 2.20. The van der Waals surface area contributed by atoms with Crippen LogP contribution in [0.25, 0.3) is 0 Å². The molecular formula is C14H26O6. The molecule has 0 spiro atoms. The van der Waals surface area contributed by atoms with Crippen LogP contribution in [-0.2, 0) is 14.2 Å². The predicted molar refractivity (Wildman–Crippen MR) is 71.4 cm³/mol. The maximum absolute atomic E-state index is 10.1. The largest absolute Gasteiger partial charge is 0.390 e. The van der Waals surface area contributed by atoms with Crippen LogP contribution in [0.1, 0.15) is 32.6 Å². The van der Waals surface area contributed by atoms with E-state index in [1.54, 1.807) is 0 Å². The van der Waals surface area contributed by atoms with E-state index in [9.17, 15) is 15.3 Å². The van der Waals surface area contributed by atoms with Crippen LogP contribution in [-0.4, -0.2) is 71.8 Å². The van der Waals surface area contributed by atoms with Gasteiger partial charge in [-0.3, -0.25) is 0 Å². The van der Waals surface area contributed by atoms with Crippen LogP contribution in [0, 0.1) is 0 Å². The molecule has 2 aliphatic heterocycles. The fraction of sp³-hybridized carbons (Fsp3) is 1.00. The van der Waals surface area contributed by atoms with Gasteiger partial charge in [0.25, 0.3) is 0 Å². The zero-order valence-electron chi connectivity index (χ0n) is 12.0. The van der Waals surface area contributed by atoms with Crippen LogP contribution in [0.2, 0.25) is 0 Å². The van der Waals surface area contributed by atoms with E-state index < -0.39 is 30.5 Å². The Hall–Kier alpha value is -0.240. The molecule has 6 atom stereocenters. The lowest BCUT2D eigenvalue weighted by Gasteiger charge is -2.29. The Balaban J connectivity index is 1.88. The number of rotatable bonds is 3. The Morgan fingerprint density at radius 3 is 2.40 bits per heavy atom. The SMILES string of the molecule is CC1OCCCC(O)C1OCC1OCCCC(O)C1O. The van der Waals surface area contributed by atoms with Gasteiger partial charge in [-0.05, 0) is 32.6 Å². The summed E-state index contributed by atoms with van der Waals surface area (Å²) in [6.45, 7) is 3.15. The van der Waals surface area contributed by atoms with E-state index in [4.69, 9.17) is 14.2 Å². The number of aliphatic hydroxyl groups is 3. The summed E-state index contributed by atoms with van der Waals surface area (Å²) in [4.78, 5) is 0. The van der Waals surface area contributed by atoms with Gasteiger partial charge in [-0.1, -0.05) is 0 Å². The molecule has 0 amide bonds. The molecule has 6 unspecified atom stereocenters. The smallest absolute Gasteiger partial charge is 0.109 e. The van der Waals surface area contributed by atoms with Crippen molar-refractivity contribution in [2.24, 2.45) is 0 Å². The summed E-state index contributed by atoms with van der Waals surface area (Å²) in [7, 11) is 0. The molecule has 2 aliphatic rings. The molecule has 2 heterocycles. The maximum atomic E-state index is 10.1. The first-order valence-electron chi connectivity index (χ1n) is 7.48. The van der Waals surface area contributed by atoms with Gasteiger partial charge in [0.15, 0.2) is 0 Å². The molecule has 2 saturated heterocycles. The number of hydrogen-bond acceptors (Lipinski definition) is 6. The Morgan fingerprint density at radius 1 is 1.00 bits per heavy atom. The summed E-state index contributed by atoms with van der Waals surface area (Å²) in [6.07, 6.45) is -0.762. The van der Waals surface area contributed by atoms with Crippen molar-refractivity contribution in [3.05, 3.63) is 0 Å². The topological polar surface area (TPSA) is 88.4 Å². The molecule has 0 bridgehead atoms. The van der Waals surface area contributed by atoms with E-state index in [0.29, 0.717) is 26.1 Å². The Labute approximate surface area is 119 Å². The number of ether oxygens (including phenoxy) is 3. The second-order valence-corrected chi connectivity index (χ2v) is 5.69. The third-order valence-corrected chi connectivity index (χ3v) is 4.07. The first kappa shape index (κ1) is 16.1. The van der Waals surface area contributed by atoms with Gasteiger partial charge in [0, 0.05) is 13.2 Å². The van der Waals surface area contributed by atoms with E-state index >= 15 is 0 Å². The highest BCUT2D eigenvalue weighted by molar-refractivity contribution is 4.82. The van der Waals surface area contributed by atoms with Crippen LogP contribution in [0.4, 0.5) is 0 Å². The third-order valence-electron chi connectivity index (χ3n) is 4.07. The van der Waals surface area contributed by atoms with Crippen LogP contribution >= 0.6 is 0 Å². The Bertz CT molecular complexity index is 275. The second kappa shape index (κ2) is 7.68. The van der Waals surface area contributed by atoms with Gasteiger partial charge in [-0.15, -0.1) is 0 Å². The van der Waals surface area contributed by atoms with Crippen LogP contribution in [0.15, 0.2) is 0 Å². The summed E-state index contributed by atoms with van der Waals surface area (Å²) in [5.74, 6) is 0. The van der Waals surface area contributed by atoms with Crippen molar-refractivity contribution in [3.8, 4) is 0 Å². The molecule has 3 N–H and O–H groups in total. The minimum absolute atomic E-state index is 0.146. The third kappa shape index (κ3) is 4.13. The number of hydrogen-bond donors (Lipinski definition) is 3. The summed E-state index contributed by atoms with van der Waals surface area (Å²) >= 11 is 0. The average molecular weight is 290 g/mol. The molecule has 2 rings (SSSR count). The molecule has 6 nitrogen and oxygen atoms in total. The molecule has 20 heavy (non-hydrogen) atoms. The summed E-state index contributed by atoms with van der Waals surface area (Å²) in [5, 5.41) is 29.8. The summed E-state index contributed by atoms with van der Waals surface area (Å²) < 4.78 is 16.8. The van der Waals surface area contributed by atoms with E-state index in [1.807, 2.05) is 6.92 Å². The lowest BCUT2D eigenvalue weighted by atomic mass is 10.0. The molecule has 0 saturated carbocycles. The molecule has 0 aliphatic carbocycles. The van der Waals surface area contributed by atoms with Gasteiger partial charge in [0.2, 0.25) is 0 Å². The van der Waals surface area contributed by atoms with Crippen molar-refractivity contribution < 1.29 is 29.5 Å². The summed E-state index contributed by atoms with van der Waals surface area (Å²) in [6, 6.07) is 0. The molecular weight excluding hydrogens is 264 g/mol. The molecule has 118 valence electrons. The van der Waals surface area contributed by atoms with Gasteiger partial charge in [-0.25, -0.2) is 0 Å². The monoisotopic (exact) mass is 290 g/mol. The quantitative estimate of drug-likeness (QED) is 0.669. The molecule has 0 aromatic heterocycles. The lowest BCUT2D eigenvalue weighted by molar-refractivity contribution is -0.150. The molecule has 0 aromatic rings. The van der Waals surface area contributed by atoms with Crippen molar-refractivity contribution in [3.63, 3.8) is 0 Å². The second-order valence-electron chi connectivity index (χ2n) is 5.69. The summed E-state index contributed by atoms with van der Waals surface area (Å²) in [5.41, 5.74) is 0. The van der Waals surface area contributed by atoms with E-state index in [1.165, 1.54) is 0 Å².